The molecule has 0 amide bonds. The Balaban J connectivity index is 2.08. The van der Waals surface area contributed by atoms with E-state index in [4.69, 9.17) is 4.74 Å². The summed E-state index contributed by atoms with van der Waals surface area (Å²) in [6.45, 7) is 3.20. The molecule has 0 saturated carbocycles. The molecule has 2 atom stereocenters. The molecule has 1 aromatic rings. The SMILES string of the molecule is CC1CC(O)CN1c1ccc([N+](=O)[O-])cc1S(=O)(=O)N1CCOCC1. The number of sulfonamides is 1. The molecule has 0 aromatic heterocycles. The molecule has 10 heteroatoms. The van der Waals surface area contributed by atoms with Crippen LogP contribution in [0.2, 0.25) is 0 Å². The number of anilines is 1. The van der Waals surface area contributed by atoms with E-state index in [0.29, 0.717) is 31.9 Å². The molecule has 0 bridgehead atoms. The highest BCUT2D eigenvalue weighted by Gasteiger charge is 2.35. The lowest BCUT2D eigenvalue weighted by Gasteiger charge is -2.30. The van der Waals surface area contributed by atoms with E-state index < -0.39 is 21.1 Å². The number of hydrogen-bond donors (Lipinski definition) is 1. The van der Waals surface area contributed by atoms with Gasteiger partial charge < -0.3 is 14.7 Å². The second-order valence-corrected chi connectivity index (χ2v) is 8.22. The van der Waals surface area contributed by atoms with Gasteiger partial charge in [0.05, 0.1) is 29.9 Å². The summed E-state index contributed by atoms with van der Waals surface area (Å²) in [5.74, 6) is 0. The van der Waals surface area contributed by atoms with Crippen LogP contribution in [0.3, 0.4) is 0 Å². The van der Waals surface area contributed by atoms with Crippen LogP contribution >= 0.6 is 0 Å². The zero-order valence-corrected chi connectivity index (χ0v) is 14.7. The minimum Gasteiger partial charge on any atom is -0.391 e. The van der Waals surface area contributed by atoms with Gasteiger partial charge in [-0.15, -0.1) is 0 Å². The van der Waals surface area contributed by atoms with E-state index in [1.165, 1.54) is 16.4 Å². The molecule has 2 aliphatic rings. The average Bonchev–Trinajstić information content (AvgIpc) is 2.93. The molecule has 25 heavy (non-hydrogen) atoms. The Morgan fingerprint density at radius 3 is 2.56 bits per heavy atom. The summed E-state index contributed by atoms with van der Waals surface area (Å²) in [7, 11) is -3.90. The number of rotatable bonds is 4. The molecule has 0 spiro atoms. The minimum atomic E-state index is -3.90. The maximum atomic E-state index is 13.1. The summed E-state index contributed by atoms with van der Waals surface area (Å²) in [5.41, 5.74) is 0.115. The third-order valence-electron chi connectivity index (χ3n) is 4.60. The highest BCUT2D eigenvalue weighted by Crippen LogP contribution is 2.35. The third kappa shape index (κ3) is 3.47. The fraction of sp³-hybridized carbons (Fsp3) is 0.600. The Bertz CT molecular complexity index is 763. The Morgan fingerprint density at radius 2 is 2.00 bits per heavy atom. The van der Waals surface area contributed by atoms with Crippen molar-refractivity contribution in [3.8, 4) is 0 Å². The molecule has 0 radical (unpaired) electrons. The number of non-ortho nitro benzene ring substituents is 1. The van der Waals surface area contributed by atoms with Crippen LogP contribution in [0.15, 0.2) is 23.1 Å². The summed E-state index contributed by atoms with van der Waals surface area (Å²) in [4.78, 5) is 12.2. The van der Waals surface area contributed by atoms with Crippen molar-refractivity contribution in [3.05, 3.63) is 28.3 Å². The van der Waals surface area contributed by atoms with Crippen molar-refractivity contribution in [3.63, 3.8) is 0 Å². The van der Waals surface area contributed by atoms with E-state index in [-0.39, 0.29) is 29.7 Å². The zero-order valence-electron chi connectivity index (χ0n) is 13.9. The van der Waals surface area contributed by atoms with Gasteiger partial charge in [0.1, 0.15) is 4.90 Å². The van der Waals surface area contributed by atoms with Gasteiger partial charge in [-0.3, -0.25) is 10.1 Å². The zero-order chi connectivity index (χ0) is 18.2. The molecule has 2 saturated heterocycles. The van der Waals surface area contributed by atoms with E-state index in [2.05, 4.69) is 0 Å². The molecule has 1 N–H and O–H groups in total. The topological polar surface area (TPSA) is 113 Å². The first-order valence-corrected chi connectivity index (χ1v) is 9.56. The smallest absolute Gasteiger partial charge is 0.270 e. The molecule has 2 heterocycles. The van der Waals surface area contributed by atoms with Gasteiger partial charge in [-0.1, -0.05) is 0 Å². The Morgan fingerprint density at radius 1 is 1.32 bits per heavy atom. The molecule has 2 aliphatic heterocycles. The first-order chi connectivity index (χ1) is 11.8. The van der Waals surface area contributed by atoms with Crippen molar-refractivity contribution in [1.29, 1.82) is 0 Å². The largest absolute Gasteiger partial charge is 0.391 e. The number of benzene rings is 1. The monoisotopic (exact) mass is 371 g/mol. The fourth-order valence-corrected chi connectivity index (χ4v) is 4.95. The predicted molar refractivity (Wildman–Crippen MR) is 90.1 cm³/mol. The molecule has 1 aromatic carbocycles. The second-order valence-electron chi connectivity index (χ2n) is 6.32. The quantitative estimate of drug-likeness (QED) is 0.608. The fourth-order valence-electron chi connectivity index (χ4n) is 3.32. The van der Waals surface area contributed by atoms with Gasteiger partial charge in [-0.05, 0) is 19.4 Å². The van der Waals surface area contributed by atoms with Crippen LogP contribution in [0.4, 0.5) is 11.4 Å². The van der Waals surface area contributed by atoms with Gasteiger partial charge in [0, 0.05) is 37.8 Å². The normalized spacial score (nSPS) is 25.3. The van der Waals surface area contributed by atoms with Crippen LogP contribution < -0.4 is 4.90 Å². The van der Waals surface area contributed by atoms with Crippen molar-refractivity contribution >= 4 is 21.4 Å². The van der Waals surface area contributed by atoms with E-state index in [0.717, 1.165) is 6.07 Å². The van der Waals surface area contributed by atoms with Crippen LogP contribution in [0.25, 0.3) is 0 Å². The van der Waals surface area contributed by atoms with Gasteiger partial charge in [-0.2, -0.15) is 4.31 Å². The van der Waals surface area contributed by atoms with Crippen molar-refractivity contribution < 1.29 is 23.2 Å². The number of nitro groups is 1. The molecule has 138 valence electrons. The van der Waals surface area contributed by atoms with E-state index in [9.17, 15) is 23.6 Å². The molecule has 0 aliphatic carbocycles. The molecular weight excluding hydrogens is 350 g/mol. The van der Waals surface area contributed by atoms with Crippen molar-refractivity contribution in [2.45, 2.75) is 30.4 Å². The lowest BCUT2D eigenvalue weighted by molar-refractivity contribution is -0.385. The van der Waals surface area contributed by atoms with E-state index >= 15 is 0 Å². The standard InChI is InChI=1S/C15H21N3O6S/c1-11-8-13(19)10-17(11)14-3-2-12(18(20)21)9-15(14)25(22,23)16-4-6-24-7-5-16/h2-3,9,11,13,19H,4-8,10H2,1H3. The Kier molecular flexibility index (Phi) is 4.96. The number of morpholine rings is 1. The summed E-state index contributed by atoms with van der Waals surface area (Å²) in [6, 6.07) is 3.80. The number of aliphatic hydroxyl groups is 1. The maximum Gasteiger partial charge on any atom is 0.270 e. The lowest BCUT2D eigenvalue weighted by atomic mass is 10.2. The lowest BCUT2D eigenvalue weighted by Crippen LogP contribution is -2.41. The van der Waals surface area contributed by atoms with Crippen molar-refractivity contribution in [2.24, 2.45) is 0 Å². The van der Waals surface area contributed by atoms with E-state index in [1.807, 2.05) is 6.92 Å². The van der Waals surface area contributed by atoms with Gasteiger partial charge >= 0.3 is 0 Å². The predicted octanol–water partition coefficient (Wildman–Crippen LogP) is 0.575. The Labute approximate surface area is 146 Å². The van der Waals surface area contributed by atoms with Gasteiger partial charge in [-0.25, -0.2) is 8.42 Å². The number of ether oxygens (including phenoxy) is 1. The van der Waals surface area contributed by atoms with Gasteiger partial charge in [0.25, 0.3) is 5.69 Å². The summed E-state index contributed by atoms with van der Waals surface area (Å²) < 4.78 is 32.7. The second kappa shape index (κ2) is 6.87. The van der Waals surface area contributed by atoms with Gasteiger partial charge in [0.2, 0.25) is 10.0 Å². The highest BCUT2D eigenvalue weighted by molar-refractivity contribution is 7.89. The molecule has 9 nitrogen and oxygen atoms in total. The van der Waals surface area contributed by atoms with Crippen LogP contribution in [0.1, 0.15) is 13.3 Å². The molecule has 2 unspecified atom stereocenters. The summed E-state index contributed by atoms with van der Waals surface area (Å²) in [5, 5.41) is 21.0. The highest BCUT2D eigenvalue weighted by atomic mass is 32.2. The average molecular weight is 371 g/mol. The number of hydrogen-bond acceptors (Lipinski definition) is 7. The van der Waals surface area contributed by atoms with Crippen molar-refractivity contribution in [2.75, 3.05) is 37.7 Å². The number of aliphatic hydroxyl groups excluding tert-OH is 1. The van der Waals surface area contributed by atoms with Crippen LogP contribution in [-0.2, 0) is 14.8 Å². The molecular formula is C15H21N3O6S. The van der Waals surface area contributed by atoms with Crippen LogP contribution in [-0.4, -0.2) is 67.7 Å². The first kappa shape index (κ1) is 18.1. The third-order valence-corrected chi connectivity index (χ3v) is 6.53. The Hall–Kier alpha value is -1.75. The summed E-state index contributed by atoms with van der Waals surface area (Å²) in [6.07, 6.45) is -0.0299. The number of β-amino-alcohol motifs (C(OH)–C–C–N with tert-alkyl or cyclic N) is 1. The molecule has 3 rings (SSSR count). The van der Waals surface area contributed by atoms with Crippen molar-refractivity contribution in [1.82, 2.24) is 4.31 Å². The first-order valence-electron chi connectivity index (χ1n) is 8.11. The van der Waals surface area contributed by atoms with Crippen LogP contribution in [0.5, 0.6) is 0 Å². The summed E-state index contributed by atoms with van der Waals surface area (Å²) >= 11 is 0. The maximum absolute atomic E-state index is 13.1. The minimum absolute atomic E-state index is 0.0601. The van der Waals surface area contributed by atoms with E-state index in [1.54, 1.807) is 4.90 Å². The van der Waals surface area contributed by atoms with Crippen LogP contribution in [0, 0.1) is 10.1 Å². The number of nitro benzene ring substituents is 1. The molecule has 2 fully saturated rings. The van der Waals surface area contributed by atoms with Gasteiger partial charge in [0.15, 0.2) is 0 Å². The number of nitrogens with zero attached hydrogens (tertiary/aromatic N) is 3.